The van der Waals surface area contributed by atoms with E-state index in [0.29, 0.717) is 11.8 Å². The highest BCUT2D eigenvalue weighted by Gasteiger charge is 2.40. The number of para-hydroxylation sites is 1. The van der Waals surface area contributed by atoms with Crippen LogP contribution in [0, 0.1) is 0 Å². The summed E-state index contributed by atoms with van der Waals surface area (Å²) in [5.74, 6) is 0.822. The third-order valence-electron chi connectivity index (χ3n) is 3.62. The maximum Gasteiger partial charge on any atom is 0.383 e. The molecule has 0 aliphatic heterocycles. The van der Waals surface area contributed by atoms with Gasteiger partial charge in [0.05, 0.1) is 0 Å². The quantitative estimate of drug-likeness (QED) is 0.727. The predicted octanol–water partition coefficient (Wildman–Crippen LogP) is 2.89. The van der Waals surface area contributed by atoms with Gasteiger partial charge in [-0.25, -0.2) is 0 Å². The molecule has 0 aliphatic rings. The summed E-state index contributed by atoms with van der Waals surface area (Å²) in [5, 5.41) is 18.9. The van der Waals surface area contributed by atoms with Gasteiger partial charge in [-0.15, -0.1) is 0 Å². The Hall–Kier alpha value is -0.666. The van der Waals surface area contributed by atoms with Crippen LogP contribution in [0.25, 0.3) is 0 Å². The number of anilines is 1. The van der Waals surface area contributed by atoms with Crippen LogP contribution in [0.5, 0.6) is 0 Å². The first-order chi connectivity index (χ1) is 9.37. The molecule has 0 fully saturated rings. The summed E-state index contributed by atoms with van der Waals surface area (Å²) in [4.78, 5) is 0. The van der Waals surface area contributed by atoms with Crippen molar-refractivity contribution in [1.82, 2.24) is 0 Å². The SMILES string of the molecule is CC(C)c1cccc(C(C)C)c1N([Si](C)(C)C)[Si](N)(N)N. The molecule has 1 aromatic carbocycles. The van der Waals surface area contributed by atoms with Crippen LogP contribution in [0.15, 0.2) is 18.2 Å². The summed E-state index contributed by atoms with van der Waals surface area (Å²) >= 11 is 0. The van der Waals surface area contributed by atoms with Crippen LogP contribution in [0.3, 0.4) is 0 Å². The van der Waals surface area contributed by atoms with Crippen LogP contribution in [-0.4, -0.2) is 17.0 Å². The van der Waals surface area contributed by atoms with Crippen molar-refractivity contribution in [2.24, 2.45) is 16.2 Å². The van der Waals surface area contributed by atoms with Crippen LogP contribution in [-0.2, 0) is 0 Å². The Kier molecular flexibility index (Phi) is 5.44. The zero-order chi connectivity index (χ0) is 16.6. The number of nitrogens with zero attached hydrogens (tertiary/aromatic N) is 1. The predicted molar refractivity (Wildman–Crippen MR) is 98.8 cm³/mol. The Balaban J connectivity index is 3.71. The maximum atomic E-state index is 6.29. The average molecular weight is 325 g/mol. The molecule has 0 radical (unpaired) electrons. The van der Waals surface area contributed by atoms with Crippen molar-refractivity contribution in [3.05, 3.63) is 29.3 Å². The van der Waals surface area contributed by atoms with Crippen LogP contribution >= 0.6 is 0 Å². The molecule has 6 heteroatoms. The van der Waals surface area contributed by atoms with E-state index in [2.05, 4.69) is 69.8 Å². The summed E-state index contributed by atoms with van der Waals surface area (Å²) < 4.78 is 2.23. The molecular formula is C15H32N4Si2. The van der Waals surface area contributed by atoms with Crippen molar-refractivity contribution in [2.45, 2.75) is 59.2 Å². The first-order valence-corrected chi connectivity index (χ1v) is 13.3. The molecule has 0 bridgehead atoms. The van der Waals surface area contributed by atoms with Crippen molar-refractivity contribution in [3.63, 3.8) is 0 Å². The zero-order valence-corrected chi connectivity index (χ0v) is 16.6. The first-order valence-electron chi connectivity index (χ1n) is 7.67. The molecule has 0 saturated heterocycles. The lowest BCUT2D eigenvalue weighted by molar-refractivity contribution is 0.833. The van der Waals surface area contributed by atoms with Crippen molar-refractivity contribution in [2.75, 3.05) is 4.23 Å². The molecule has 0 heterocycles. The fraction of sp³-hybridized carbons (Fsp3) is 0.600. The number of benzene rings is 1. The molecule has 0 unspecified atom stereocenters. The van der Waals surface area contributed by atoms with Gasteiger partial charge in [-0.2, -0.15) is 0 Å². The van der Waals surface area contributed by atoms with Gasteiger partial charge in [0.1, 0.15) is 8.24 Å². The second kappa shape index (κ2) is 6.22. The van der Waals surface area contributed by atoms with Crippen LogP contribution in [0.1, 0.15) is 50.7 Å². The van der Waals surface area contributed by atoms with E-state index in [4.69, 9.17) is 16.2 Å². The molecule has 120 valence electrons. The highest BCUT2D eigenvalue weighted by Crippen LogP contribution is 2.38. The highest BCUT2D eigenvalue weighted by molar-refractivity contribution is 6.97. The van der Waals surface area contributed by atoms with E-state index in [-0.39, 0.29) is 0 Å². The number of hydrogen-bond donors (Lipinski definition) is 3. The fourth-order valence-electron chi connectivity index (χ4n) is 2.88. The van der Waals surface area contributed by atoms with E-state index < -0.39 is 17.0 Å². The summed E-state index contributed by atoms with van der Waals surface area (Å²) in [5.41, 5.74) is 3.78. The van der Waals surface area contributed by atoms with Gasteiger partial charge in [0.25, 0.3) is 0 Å². The molecule has 0 atom stereocenters. The van der Waals surface area contributed by atoms with Crippen LogP contribution < -0.4 is 20.4 Å². The largest absolute Gasteiger partial charge is 0.389 e. The van der Waals surface area contributed by atoms with E-state index >= 15 is 0 Å². The maximum absolute atomic E-state index is 6.29. The molecule has 0 saturated carbocycles. The molecule has 1 aromatic rings. The molecule has 0 aromatic heterocycles. The van der Waals surface area contributed by atoms with Gasteiger partial charge in [0, 0.05) is 5.69 Å². The first kappa shape index (κ1) is 18.4. The van der Waals surface area contributed by atoms with E-state index in [0.717, 1.165) is 0 Å². The summed E-state index contributed by atoms with van der Waals surface area (Å²) in [6.45, 7) is 15.6. The minimum absolute atomic E-state index is 0.411. The summed E-state index contributed by atoms with van der Waals surface area (Å²) in [6, 6.07) is 6.49. The van der Waals surface area contributed by atoms with Gasteiger partial charge in [0.2, 0.25) is 0 Å². The normalized spacial score (nSPS) is 13.1. The third-order valence-corrected chi connectivity index (χ3v) is 9.36. The molecular weight excluding hydrogens is 292 g/mol. The Bertz CT molecular complexity index is 447. The molecule has 21 heavy (non-hydrogen) atoms. The lowest BCUT2D eigenvalue weighted by Crippen LogP contribution is -2.81. The standard InChI is InChI=1S/C15H32N4Si2/c1-11(2)13-9-8-10-14(12(3)4)15(13)19(20(5,6)7)21(16,17)18/h8-12H,16-18H2,1-7H3. The van der Waals surface area contributed by atoms with E-state index in [1.165, 1.54) is 16.8 Å². The van der Waals surface area contributed by atoms with Crippen LogP contribution in [0.2, 0.25) is 19.6 Å². The number of rotatable bonds is 5. The van der Waals surface area contributed by atoms with E-state index in [9.17, 15) is 0 Å². The van der Waals surface area contributed by atoms with Gasteiger partial charge in [0.15, 0.2) is 0 Å². The van der Waals surface area contributed by atoms with Crippen molar-refractivity contribution >= 4 is 22.6 Å². The Morgan fingerprint density at radius 3 is 1.48 bits per heavy atom. The zero-order valence-electron chi connectivity index (χ0n) is 14.6. The number of hydrogen-bond acceptors (Lipinski definition) is 4. The van der Waals surface area contributed by atoms with Crippen LogP contribution in [0.4, 0.5) is 5.69 Å². The minimum atomic E-state index is -2.92. The monoisotopic (exact) mass is 324 g/mol. The second-order valence-corrected chi connectivity index (χ2v) is 14.9. The smallest absolute Gasteiger partial charge is 0.383 e. The van der Waals surface area contributed by atoms with Gasteiger partial charge >= 0.3 is 8.72 Å². The topological polar surface area (TPSA) is 81.3 Å². The van der Waals surface area contributed by atoms with Gasteiger partial charge < -0.3 is 20.4 Å². The van der Waals surface area contributed by atoms with E-state index in [1.54, 1.807) is 0 Å². The molecule has 0 amide bonds. The van der Waals surface area contributed by atoms with Gasteiger partial charge in [-0.05, 0) is 23.0 Å². The molecule has 0 spiro atoms. The molecule has 4 nitrogen and oxygen atoms in total. The van der Waals surface area contributed by atoms with Crippen molar-refractivity contribution in [3.8, 4) is 0 Å². The Morgan fingerprint density at radius 2 is 1.24 bits per heavy atom. The third kappa shape index (κ3) is 4.17. The molecule has 1 rings (SSSR count). The highest BCUT2D eigenvalue weighted by atomic mass is 28.4. The Labute approximate surface area is 132 Å². The van der Waals surface area contributed by atoms with Gasteiger partial charge in [-0.1, -0.05) is 65.5 Å². The van der Waals surface area contributed by atoms with Crippen molar-refractivity contribution in [1.29, 1.82) is 0 Å². The van der Waals surface area contributed by atoms with Crippen molar-refractivity contribution < 1.29 is 0 Å². The minimum Gasteiger partial charge on any atom is -0.389 e. The Morgan fingerprint density at radius 1 is 0.857 bits per heavy atom. The van der Waals surface area contributed by atoms with E-state index in [1.807, 2.05) is 0 Å². The molecule has 0 aliphatic carbocycles. The lowest BCUT2D eigenvalue weighted by Gasteiger charge is -2.46. The molecule has 6 N–H and O–H groups in total. The fourth-order valence-corrected chi connectivity index (χ4v) is 9.10. The average Bonchev–Trinajstić information content (AvgIpc) is 2.24. The summed E-state index contributed by atoms with van der Waals surface area (Å²) in [6.07, 6.45) is 0. The van der Waals surface area contributed by atoms with Gasteiger partial charge in [-0.3, -0.25) is 0 Å². The summed E-state index contributed by atoms with van der Waals surface area (Å²) in [7, 11) is -4.72. The number of nitrogens with two attached hydrogens (primary N) is 3. The second-order valence-electron chi connectivity index (χ2n) is 7.49. The lowest BCUT2D eigenvalue weighted by atomic mass is 9.93.